The second kappa shape index (κ2) is 6.44. The van der Waals surface area contributed by atoms with E-state index in [-0.39, 0.29) is 17.2 Å². The number of nitrogens with one attached hydrogen (secondary N) is 2. The Balaban J connectivity index is 0.000000203. The fraction of sp³-hybridized carbons (Fsp3) is 0.214. The smallest absolute Gasteiger partial charge is 0.356 e. The molecular weight excluding hydrogens is 307 g/mol. The molecule has 1 aromatic carbocycles. The zero-order valence-corrected chi connectivity index (χ0v) is 11.9. The van der Waals surface area contributed by atoms with Gasteiger partial charge in [0.15, 0.2) is 5.69 Å². The summed E-state index contributed by atoms with van der Waals surface area (Å²) in [4.78, 5) is 22.0. The monoisotopic (exact) mass is 322 g/mol. The first kappa shape index (κ1) is 16.4. The Kier molecular flexibility index (Phi) is 4.60. The molecule has 1 saturated carbocycles. The average Bonchev–Trinajstić information content (AvgIpc) is 3.08. The Labute approximate surface area is 130 Å². The Morgan fingerprint density at radius 1 is 1.30 bits per heavy atom. The number of nitrogen functional groups attached to an aromatic ring is 1. The number of hydrogen-bond donors (Lipinski definition) is 5. The first-order valence-corrected chi connectivity index (χ1v) is 6.63. The highest BCUT2D eigenvalue weighted by molar-refractivity contribution is 6.03. The topological polar surface area (TPSA) is 141 Å². The molecule has 0 aliphatic heterocycles. The van der Waals surface area contributed by atoms with Gasteiger partial charge in [0.25, 0.3) is 5.91 Å². The van der Waals surface area contributed by atoms with Crippen molar-refractivity contribution in [3.05, 3.63) is 42.0 Å². The van der Waals surface area contributed by atoms with Gasteiger partial charge in [0.1, 0.15) is 11.4 Å². The number of amides is 1. The van der Waals surface area contributed by atoms with Crippen LogP contribution in [0, 0.1) is 5.82 Å². The zero-order chi connectivity index (χ0) is 17.0. The lowest BCUT2D eigenvalue weighted by Crippen LogP contribution is -2.29. The number of aliphatic hydroxyl groups is 1. The first-order valence-electron chi connectivity index (χ1n) is 6.63. The number of nitrogens with two attached hydrogens (primary N) is 1. The maximum atomic E-state index is 12.0. The molecule has 1 aliphatic rings. The van der Waals surface area contributed by atoms with E-state index in [1.165, 1.54) is 30.5 Å². The third kappa shape index (κ3) is 4.27. The molecule has 3 rings (SSSR count). The lowest BCUT2D eigenvalue weighted by molar-refractivity contribution is -0.125. The van der Waals surface area contributed by atoms with Crippen LogP contribution in [-0.2, 0) is 4.79 Å². The predicted molar refractivity (Wildman–Crippen MR) is 79.2 cm³/mol. The fourth-order valence-electron chi connectivity index (χ4n) is 1.59. The number of aromatic nitrogens is 2. The van der Waals surface area contributed by atoms with Crippen molar-refractivity contribution >= 4 is 23.3 Å². The summed E-state index contributed by atoms with van der Waals surface area (Å²) in [7, 11) is 0. The summed E-state index contributed by atoms with van der Waals surface area (Å²) >= 11 is 0. The summed E-state index contributed by atoms with van der Waals surface area (Å²) in [5, 5.41) is 26.2. The third-order valence-corrected chi connectivity index (χ3v) is 3.12. The van der Waals surface area contributed by atoms with Gasteiger partial charge in [0.05, 0.1) is 11.9 Å². The van der Waals surface area contributed by atoms with Crippen LogP contribution in [0.1, 0.15) is 23.3 Å². The lowest BCUT2D eigenvalue weighted by Gasteiger charge is -2.07. The van der Waals surface area contributed by atoms with Crippen LogP contribution in [0.25, 0.3) is 0 Å². The second-order valence-corrected chi connectivity index (χ2v) is 5.00. The Hall–Kier alpha value is -2.94. The van der Waals surface area contributed by atoms with E-state index in [0.717, 1.165) is 0 Å². The fourth-order valence-corrected chi connectivity index (χ4v) is 1.59. The number of rotatable bonds is 3. The molecule has 0 atom stereocenters. The Morgan fingerprint density at radius 3 is 2.39 bits per heavy atom. The van der Waals surface area contributed by atoms with Crippen molar-refractivity contribution in [2.45, 2.75) is 18.4 Å². The molecule has 0 unspecified atom stereocenters. The Bertz CT molecular complexity index is 689. The number of aromatic carboxylic acids is 1. The van der Waals surface area contributed by atoms with Gasteiger partial charge in [-0.1, -0.05) is 0 Å². The molecule has 1 heterocycles. The van der Waals surface area contributed by atoms with Crippen LogP contribution in [0.4, 0.5) is 15.8 Å². The molecule has 0 spiro atoms. The Morgan fingerprint density at radius 2 is 1.91 bits per heavy atom. The molecule has 6 N–H and O–H groups in total. The lowest BCUT2D eigenvalue weighted by atomic mass is 10.3. The van der Waals surface area contributed by atoms with Crippen LogP contribution in [-0.4, -0.2) is 37.9 Å². The normalized spacial score (nSPS) is 14.3. The highest BCUT2D eigenvalue weighted by Gasteiger charge is 2.48. The minimum absolute atomic E-state index is 0.0628. The van der Waals surface area contributed by atoms with Crippen molar-refractivity contribution in [1.29, 1.82) is 0 Å². The number of halogens is 1. The number of carboxylic acid groups (broad SMARTS) is 1. The van der Waals surface area contributed by atoms with Gasteiger partial charge in [-0.3, -0.25) is 9.89 Å². The number of carbonyl (C=O) groups excluding carboxylic acids is 1. The van der Waals surface area contributed by atoms with Crippen LogP contribution < -0.4 is 11.1 Å². The molecule has 0 radical (unpaired) electrons. The van der Waals surface area contributed by atoms with Gasteiger partial charge in [0, 0.05) is 5.69 Å². The van der Waals surface area contributed by atoms with Crippen LogP contribution in [0.5, 0.6) is 0 Å². The second-order valence-electron chi connectivity index (χ2n) is 5.00. The number of aromatic amines is 1. The van der Waals surface area contributed by atoms with E-state index < -0.39 is 17.5 Å². The number of benzene rings is 1. The van der Waals surface area contributed by atoms with Crippen molar-refractivity contribution in [2.24, 2.45) is 0 Å². The van der Waals surface area contributed by atoms with Crippen molar-refractivity contribution in [3.63, 3.8) is 0 Å². The van der Waals surface area contributed by atoms with Gasteiger partial charge in [-0.15, -0.1) is 0 Å². The quantitative estimate of drug-likeness (QED) is 0.533. The van der Waals surface area contributed by atoms with E-state index in [0.29, 0.717) is 18.5 Å². The largest absolute Gasteiger partial charge is 0.476 e. The molecule has 1 aromatic heterocycles. The summed E-state index contributed by atoms with van der Waals surface area (Å²) in [6.45, 7) is 0. The number of carbonyl (C=O) groups is 2. The van der Waals surface area contributed by atoms with Crippen molar-refractivity contribution in [2.75, 3.05) is 11.1 Å². The molecular formula is C14H15FN4O4. The van der Waals surface area contributed by atoms with Crippen LogP contribution in [0.2, 0.25) is 0 Å². The number of H-pyrrole nitrogens is 1. The molecule has 9 heteroatoms. The predicted octanol–water partition coefficient (Wildman–Crippen LogP) is 0.979. The molecule has 1 fully saturated rings. The molecule has 1 amide bonds. The highest BCUT2D eigenvalue weighted by Crippen LogP contribution is 2.36. The first-order chi connectivity index (χ1) is 10.8. The molecule has 2 aromatic rings. The summed E-state index contributed by atoms with van der Waals surface area (Å²) < 4.78 is 12.0. The summed E-state index contributed by atoms with van der Waals surface area (Å²) in [5.41, 5.74) is 4.38. The molecule has 8 nitrogen and oxygen atoms in total. The van der Waals surface area contributed by atoms with Gasteiger partial charge >= 0.3 is 5.97 Å². The van der Waals surface area contributed by atoms with Gasteiger partial charge in [-0.2, -0.15) is 5.10 Å². The van der Waals surface area contributed by atoms with E-state index >= 15 is 0 Å². The van der Waals surface area contributed by atoms with Crippen LogP contribution in [0.3, 0.4) is 0 Å². The molecule has 122 valence electrons. The minimum atomic E-state index is -1.33. The highest BCUT2D eigenvalue weighted by atomic mass is 19.1. The van der Waals surface area contributed by atoms with Crippen molar-refractivity contribution in [3.8, 4) is 0 Å². The van der Waals surface area contributed by atoms with E-state index in [2.05, 4.69) is 15.5 Å². The summed E-state index contributed by atoms with van der Waals surface area (Å²) in [6.07, 6.45) is 1.99. The van der Waals surface area contributed by atoms with Gasteiger partial charge in [0.2, 0.25) is 0 Å². The number of nitrogens with zero attached hydrogens (tertiary/aromatic N) is 1. The van der Waals surface area contributed by atoms with Crippen molar-refractivity contribution < 1.29 is 24.2 Å². The minimum Gasteiger partial charge on any atom is -0.476 e. The maximum absolute atomic E-state index is 12.0. The zero-order valence-electron chi connectivity index (χ0n) is 11.9. The average molecular weight is 322 g/mol. The molecule has 1 aliphatic carbocycles. The third-order valence-electron chi connectivity index (χ3n) is 3.12. The molecule has 23 heavy (non-hydrogen) atoms. The van der Waals surface area contributed by atoms with Gasteiger partial charge in [-0.25, -0.2) is 9.18 Å². The number of carboxylic acids is 1. The maximum Gasteiger partial charge on any atom is 0.356 e. The standard InChI is InChI=1S/C8H9N3O4.C6H6FN/c12-6(13)5-4(3-9-11-5)10-7(14)8(15)1-2-8;7-5-1-3-6(8)4-2-5/h3,15H,1-2H2,(H,9,11)(H,10,14)(H,12,13);1-4H,8H2. The van der Waals surface area contributed by atoms with Crippen molar-refractivity contribution in [1.82, 2.24) is 10.2 Å². The van der Waals surface area contributed by atoms with Crippen LogP contribution in [0.15, 0.2) is 30.5 Å². The summed E-state index contributed by atoms with van der Waals surface area (Å²) in [5.74, 6) is -2.06. The van der Waals surface area contributed by atoms with E-state index in [4.69, 9.17) is 10.8 Å². The van der Waals surface area contributed by atoms with E-state index in [9.17, 15) is 19.1 Å². The van der Waals surface area contributed by atoms with E-state index in [1.54, 1.807) is 0 Å². The molecule has 0 bridgehead atoms. The summed E-state index contributed by atoms with van der Waals surface area (Å²) in [6, 6.07) is 5.70. The number of hydrogen-bond acceptors (Lipinski definition) is 5. The molecule has 0 saturated heterocycles. The number of anilines is 2. The van der Waals surface area contributed by atoms with Crippen LogP contribution >= 0.6 is 0 Å². The SMILES string of the molecule is Nc1ccc(F)cc1.O=C(O)c1[nH]ncc1NC(=O)C1(O)CC1. The van der Waals surface area contributed by atoms with E-state index in [1.807, 2.05) is 0 Å². The van der Waals surface area contributed by atoms with Gasteiger partial charge < -0.3 is 21.3 Å². The van der Waals surface area contributed by atoms with Gasteiger partial charge in [-0.05, 0) is 37.1 Å².